The summed E-state index contributed by atoms with van der Waals surface area (Å²) >= 11 is 7.68. The Kier molecular flexibility index (Phi) is 5.48. The topological polar surface area (TPSA) is 75.9 Å². The number of nitrogens with zero attached hydrogens (tertiary/aromatic N) is 3. The number of thiazole rings is 1. The van der Waals surface area contributed by atoms with E-state index in [1.165, 1.54) is 6.07 Å². The van der Waals surface area contributed by atoms with Crippen molar-refractivity contribution in [2.75, 3.05) is 37.7 Å². The Labute approximate surface area is 192 Å². The third-order valence-corrected chi connectivity index (χ3v) is 6.84. The van der Waals surface area contributed by atoms with Crippen LogP contribution >= 0.6 is 22.9 Å². The van der Waals surface area contributed by atoms with Crippen molar-refractivity contribution >= 4 is 55.2 Å². The molecule has 1 amide bonds. The molecule has 164 valence electrons. The van der Waals surface area contributed by atoms with Gasteiger partial charge in [-0.2, -0.15) is 0 Å². The largest absolute Gasteiger partial charge is 0.484 e. The van der Waals surface area contributed by atoms with Gasteiger partial charge in [-0.15, -0.1) is 0 Å². The van der Waals surface area contributed by atoms with Crippen molar-refractivity contribution in [3.63, 3.8) is 0 Å². The Morgan fingerprint density at radius 3 is 2.78 bits per heavy atom. The minimum absolute atomic E-state index is 0.0683. The van der Waals surface area contributed by atoms with Gasteiger partial charge in [0.15, 0.2) is 11.7 Å². The van der Waals surface area contributed by atoms with Gasteiger partial charge in [-0.1, -0.05) is 22.9 Å². The molecule has 3 heterocycles. The molecule has 9 heteroatoms. The van der Waals surface area contributed by atoms with Crippen LogP contribution in [0.1, 0.15) is 5.56 Å². The molecule has 0 bridgehead atoms. The number of halogens is 1. The van der Waals surface area contributed by atoms with E-state index < -0.39 is 5.63 Å². The number of aryl methyl sites for hydroxylation is 1. The number of anilines is 1. The maximum absolute atomic E-state index is 12.6. The summed E-state index contributed by atoms with van der Waals surface area (Å²) in [6.07, 6.45) is 0. The average molecular weight is 470 g/mol. The Morgan fingerprint density at radius 2 is 1.97 bits per heavy atom. The van der Waals surface area contributed by atoms with Gasteiger partial charge in [0.2, 0.25) is 0 Å². The summed E-state index contributed by atoms with van der Waals surface area (Å²) in [7, 11) is 0. The number of aromatic nitrogens is 1. The average Bonchev–Trinajstić information content (AvgIpc) is 3.20. The van der Waals surface area contributed by atoms with E-state index >= 15 is 0 Å². The Balaban J connectivity index is 1.19. The lowest BCUT2D eigenvalue weighted by Gasteiger charge is -2.34. The van der Waals surface area contributed by atoms with Crippen LogP contribution in [0.3, 0.4) is 0 Å². The van der Waals surface area contributed by atoms with Gasteiger partial charge < -0.3 is 19.0 Å². The number of benzene rings is 2. The normalized spacial score (nSPS) is 14.3. The molecule has 1 aliphatic rings. The van der Waals surface area contributed by atoms with Crippen molar-refractivity contribution in [3.05, 3.63) is 63.5 Å². The highest BCUT2D eigenvalue weighted by Crippen LogP contribution is 2.31. The van der Waals surface area contributed by atoms with Crippen LogP contribution in [0.5, 0.6) is 5.75 Å². The molecule has 5 rings (SSSR count). The molecular formula is C23H20ClN3O4S. The molecule has 0 radical (unpaired) electrons. The minimum Gasteiger partial charge on any atom is -0.484 e. The molecule has 0 saturated carbocycles. The Hall–Kier alpha value is -3.10. The number of fused-ring (bicyclic) bond motifs is 2. The summed E-state index contributed by atoms with van der Waals surface area (Å²) in [5, 5.41) is 2.49. The smallest absolute Gasteiger partial charge is 0.336 e. The molecule has 2 aromatic heterocycles. The molecule has 0 unspecified atom stereocenters. The van der Waals surface area contributed by atoms with Crippen molar-refractivity contribution in [1.82, 2.24) is 9.88 Å². The van der Waals surface area contributed by atoms with Crippen LogP contribution in [0.2, 0.25) is 5.02 Å². The SMILES string of the molecule is Cc1cc(=O)oc2cc(OCC(=O)N3CCN(c4nc5ccc(Cl)cc5s4)CC3)ccc12. The molecule has 1 aliphatic heterocycles. The molecule has 0 atom stereocenters. The molecule has 0 spiro atoms. The fourth-order valence-electron chi connectivity index (χ4n) is 3.80. The van der Waals surface area contributed by atoms with Gasteiger partial charge >= 0.3 is 5.63 Å². The molecule has 1 saturated heterocycles. The molecule has 1 fully saturated rings. The number of piperazine rings is 1. The minimum atomic E-state index is -0.405. The molecule has 0 aliphatic carbocycles. The summed E-state index contributed by atoms with van der Waals surface area (Å²) in [5.74, 6) is 0.415. The first kappa shape index (κ1) is 20.8. The zero-order chi connectivity index (χ0) is 22.2. The van der Waals surface area contributed by atoms with Crippen LogP contribution < -0.4 is 15.3 Å². The van der Waals surface area contributed by atoms with Crippen molar-refractivity contribution < 1.29 is 13.9 Å². The number of hydrogen-bond acceptors (Lipinski definition) is 7. The fraction of sp³-hybridized carbons (Fsp3) is 0.261. The molecule has 2 aromatic carbocycles. The monoisotopic (exact) mass is 469 g/mol. The Bertz CT molecular complexity index is 1370. The lowest BCUT2D eigenvalue weighted by atomic mass is 10.1. The first-order valence-corrected chi connectivity index (χ1v) is 11.4. The number of carbonyl (C=O) groups excluding carboxylic acids is 1. The van der Waals surface area contributed by atoms with E-state index in [0.29, 0.717) is 42.5 Å². The molecular weight excluding hydrogens is 450 g/mol. The zero-order valence-corrected chi connectivity index (χ0v) is 18.9. The molecule has 4 aromatic rings. The van der Waals surface area contributed by atoms with E-state index in [-0.39, 0.29) is 12.5 Å². The number of carbonyl (C=O) groups is 1. The second-order valence-corrected chi connectivity index (χ2v) is 9.12. The van der Waals surface area contributed by atoms with E-state index in [1.54, 1.807) is 28.4 Å². The summed E-state index contributed by atoms with van der Waals surface area (Å²) in [6.45, 7) is 4.41. The third-order valence-electron chi connectivity index (χ3n) is 5.53. The standard InChI is InChI=1S/C23H20ClN3O4S/c1-14-10-22(29)31-19-12-16(3-4-17(14)19)30-13-21(28)26-6-8-27(9-7-26)23-25-18-5-2-15(24)11-20(18)32-23/h2-5,10-12H,6-9,13H2,1H3. The van der Waals surface area contributed by atoms with Gasteiger partial charge in [0, 0.05) is 48.7 Å². The first-order valence-electron chi connectivity index (χ1n) is 10.2. The number of amides is 1. The van der Waals surface area contributed by atoms with Crippen molar-refractivity contribution in [2.24, 2.45) is 0 Å². The van der Waals surface area contributed by atoms with Crippen molar-refractivity contribution in [1.29, 1.82) is 0 Å². The van der Waals surface area contributed by atoms with Gasteiger partial charge in [0.1, 0.15) is 11.3 Å². The van der Waals surface area contributed by atoms with Crippen molar-refractivity contribution in [3.8, 4) is 5.75 Å². The number of rotatable bonds is 4. The quantitative estimate of drug-likeness (QED) is 0.419. The predicted molar refractivity (Wildman–Crippen MR) is 126 cm³/mol. The molecule has 32 heavy (non-hydrogen) atoms. The van der Waals surface area contributed by atoms with E-state index in [0.717, 1.165) is 26.3 Å². The maximum atomic E-state index is 12.6. The van der Waals surface area contributed by atoms with Gasteiger partial charge in [0.05, 0.1) is 10.2 Å². The van der Waals surface area contributed by atoms with E-state index in [4.69, 9.17) is 20.8 Å². The van der Waals surface area contributed by atoms with Gasteiger partial charge in [0.25, 0.3) is 5.91 Å². The van der Waals surface area contributed by atoms with Gasteiger partial charge in [-0.3, -0.25) is 4.79 Å². The van der Waals surface area contributed by atoms with E-state index in [9.17, 15) is 9.59 Å². The summed E-state index contributed by atoms with van der Waals surface area (Å²) in [4.78, 5) is 32.9. The van der Waals surface area contributed by atoms with E-state index in [2.05, 4.69) is 9.88 Å². The van der Waals surface area contributed by atoms with E-state index in [1.807, 2.05) is 31.2 Å². The molecule has 7 nitrogen and oxygen atoms in total. The second kappa shape index (κ2) is 8.44. The fourth-order valence-corrected chi connectivity index (χ4v) is 5.09. The van der Waals surface area contributed by atoms with Crippen LogP contribution in [-0.4, -0.2) is 48.6 Å². The lowest BCUT2D eigenvalue weighted by molar-refractivity contribution is -0.133. The van der Waals surface area contributed by atoms with Crippen molar-refractivity contribution in [2.45, 2.75) is 6.92 Å². The Morgan fingerprint density at radius 1 is 1.16 bits per heavy atom. The zero-order valence-electron chi connectivity index (χ0n) is 17.3. The summed E-state index contributed by atoms with van der Waals surface area (Å²) < 4.78 is 12.0. The third kappa shape index (κ3) is 4.16. The van der Waals surface area contributed by atoms with Crippen LogP contribution in [-0.2, 0) is 4.79 Å². The second-order valence-electron chi connectivity index (χ2n) is 7.67. The van der Waals surface area contributed by atoms with Crippen LogP contribution in [0.15, 0.2) is 51.7 Å². The van der Waals surface area contributed by atoms with Gasteiger partial charge in [-0.25, -0.2) is 9.78 Å². The summed E-state index contributed by atoms with van der Waals surface area (Å²) in [6, 6.07) is 12.4. The summed E-state index contributed by atoms with van der Waals surface area (Å²) in [5.41, 5.74) is 1.82. The van der Waals surface area contributed by atoms with Crippen LogP contribution in [0.4, 0.5) is 5.13 Å². The maximum Gasteiger partial charge on any atom is 0.336 e. The number of ether oxygens (including phenoxy) is 1. The lowest BCUT2D eigenvalue weighted by Crippen LogP contribution is -2.50. The molecule has 0 N–H and O–H groups in total. The highest BCUT2D eigenvalue weighted by atomic mass is 35.5. The highest BCUT2D eigenvalue weighted by Gasteiger charge is 2.23. The predicted octanol–water partition coefficient (Wildman–Crippen LogP) is 4.09. The number of hydrogen-bond donors (Lipinski definition) is 0. The van der Waals surface area contributed by atoms with Crippen LogP contribution in [0, 0.1) is 6.92 Å². The first-order chi connectivity index (χ1) is 15.5. The van der Waals surface area contributed by atoms with Crippen LogP contribution in [0.25, 0.3) is 21.2 Å². The highest BCUT2D eigenvalue weighted by molar-refractivity contribution is 7.22. The van der Waals surface area contributed by atoms with Gasteiger partial charge in [-0.05, 0) is 42.8 Å².